The predicted molar refractivity (Wildman–Crippen MR) is 125 cm³/mol. The highest BCUT2D eigenvalue weighted by Crippen LogP contribution is 2.23. The summed E-state index contributed by atoms with van der Waals surface area (Å²) < 4.78 is 0. The number of carbonyl (C=O) groups excluding carboxylic acids is 1. The molecule has 2 aromatic carbocycles. The monoisotopic (exact) mass is 415 g/mol. The van der Waals surface area contributed by atoms with Crippen molar-refractivity contribution in [3.05, 3.63) is 59.8 Å². The molecule has 6 heteroatoms. The Kier molecular flexibility index (Phi) is 5.45. The third kappa shape index (κ3) is 4.20. The largest absolute Gasteiger partial charge is 0.356 e. The standard InChI is InChI=1S/C25H29N5O/c1-19-17-23(28-11-4-5-12-28)27-25(26-19)30-15-13-29(14-16-30)24(31)18-21-9-6-8-20-7-2-3-10-22(20)21/h2-3,6-10,17H,4-5,11-16,18H2,1H3. The van der Waals surface area contributed by atoms with Crippen molar-refractivity contribution in [3.63, 3.8) is 0 Å². The number of rotatable bonds is 4. The second-order valence-corrected chi connectivity index (χ2v) is 8.54. The molecular formula is C25H29N5O. The van der Waals surface area contributed by atoms with E-state index in [4.69, 9.17) is 4.98 Å². The Morgan fingerprint density at radius 1 is 0.871 bits per heavy atom. The molecule has 2 aliphatic rings. The first-order valence-electron chi connectivity index (χ1n) is 11.3. The van der Waals surface area contributed by atoms with Gasteiger partial charge < -0.3 is 14.7 Å². The second-order valence-electron chi connectivity index (χ2n) is 8.54. The van der Waals surface area contributed by atoms with Crippen molar-refractivity contribution in [3.8, 4) is 0 Å². The molecule has 3 heterocycles. The summed E-state index contributed by atoms with van der Waals surface area (Å²) in [5.74, 6) is 2.02. The van der Waals surface area contributed by atoms with Gasteiger partial charge in [0.15, 0.2) is 0 Å². The molecular weight excluding hydrogens is 386 g/mol. The van der Waals surface area contributed by atoms with Crippen molar-refractivity contribution in [2.75, 3.05) is 49.1 Å². The number of amides is 1. The van der Waals surface area contributed by atoms with Crippen LogP contribution in [0.4, 0.5) is 11.8 Å². The fourth-order valence-corrected chi connectivity index (χ4v) is 4.66. The quantitative estimate of drug-likeness (QED) is 0.654. The fraction of sp³-hybridized carbons (Fsp3) is 0.400. The fourth-order valence-electron chi connectivity index (χ4n) is 4.66. The van der Waals surface area contributed by atoms with E-state index in [9.17, 15) is 4.79 Å². The minimum absolute atomic E-state index is 0.193. The number of aromatic nitrogens is 2. The van der Waals surface area contributed by atoms with Gasteiger partial charge in [-0.05, 0) is 36.1 Å². The molecule has 0 unspecified atom stereocenters. The molecule has 0 bridgehead atoms. The Hall–Kier alpha value is -3.15. The summed E-state index contributed by atoms with van der Waals surface area (Å²) in [5.41, 5.74) is 2.10. The molecule has 0 N–H and O–H groups in total. The normalized spacial score (nSPS) is 16.9. The lowest BCUT2D eigenvalue weighted by molar-refractivity contribution is -0.130. The second kappa shape index (κ2) is 8.53. The van der Waals surface area contributed by atoms with Crippen LogP contribution in [0.15, 0.2) is 48.5 Å². The lowest BCUT2D eigenvalue weighted by atomic mass is 10.0. The minimum atomic E-state index is 0.193. The van der Waals surface area contributed by atoms with Crippen LogP contribution in [-0.4, -0.2) is 60.0 Å². The number of piperazine rings is 1. The molecule has 2 fully saturated rings. The van der Waals surface area contributed by atoms with Crippen LogP contribution in [0.25, 0.3) is 10.8 Å². The third-order valence-electron chi connectivity index (χ3n) is 6.40. The number of hydrogen-bond donors (Lipinski definition) is 0. The van der Waals surface area contributed by atoms with Gasteiger partial charge in [0.05, 0.1) is 6.42 Å². The van der Waals surface area contributed by atoms with E-state index >= 15 is 0 Å². The maximum Gasteiger partial charge on any atom is 0.227 e. The van der Waals surface area contributed by atoms with E-state index in [0.29, 0.717) is 19.5 Å². The number of hydrogen-bond acceptors (Lipinski definition) is 5. The van der Waals surface area contributed by atoms with Crippen molar-refractivity contribution < 1.29 is 4.79 Å². The first-order chi connectivity index (χ1) is 15.2. The zero-order chi connectivity index (χ0) is 21.2. The van der Waals surface area contributed by atoms with E-state index in [2.05, 4.69) is 45.1 Å². The molecule has 2 saturated heterocycles. The maximum atomic E-state index is 13.0. The Morgan fingerprint density at radius 3 is 2.42 bits per heavy atom. The molecule has 0 atom stereocenters. The molecule has 5 rings (SSSR count). The van der Waals surface area contributed by atoms with Crippen molar-refractivity contribution in [1.29, 1.82) is 0 Å². The smallest absolute Gasteiger partial charge is 0.227 e. The van der Waals surface area contributed by atoms with Gasteiger partial charge in [-0.25, -0.2) is 4.98 Å². The van der Waals surface area contributed by atoms with Crippen LogP contribution < -0.4 is 9.80 Å². The molecule has 1 aromatic heterocycles. The third-order valence-corrected chi connectivity index (χ3v) is 6.40. The summed E-state index contributed by atoms with van der Waals surface area (Å²) in [6, 6.07) is 16.6. The van der Waals surface area contributed by atoms with Gasteiger partial charge in [-0.1, -0.05) is 42.5 Å². The number of benzene rings is 2. The van der Waals surface area contributed by atoms with Crippen LogP contribution >= 0.6 is 0 Å². The maximum absolute atomic E-state index is 13.0. The van der Waals surface area contributed by atoms with E-state index in [1.165, 1.54) is 23.6 Å². The topological polar surface area (TPSA) is 52.6 Å². The Morgan fingerprint density at radius 2 is 1.61 bits per heavy atom. The lowest BCUT2D eigenvalue weighted by Gasteiger charge is -2.35. The van der Waals surface area contributed by atoms with Gasteiger partial charge in [0.1, 0.15) is 5.82 Å². The van der Waals surface area contributed by atoms with Crippen LogP contribution in [0.3, 0.4) is 0 Å². The zero-order valence-corrected chi connectivity index (χ0v) is 18.1. The molecule has 2 aliphatic heterocycles. The lowest BCUT2D eigenvalue weighted by Crippen LogP contribution is -2.49. The molecule has 3 aromatic rings. The van der Waals surface area contributed by atoms with Gasteiger partial charge >= 0.3 is 0 Å². The van der Waals surface area contributed by atoms with Crippen molar-refractivity contribution >= 4 is 28.4 Å². The van der Waals surface area contributed by atoms with E-state index in [1.54, 1.807) is 0 Å². The molecule has 0 saturated carbocycles. The first-order valence-corrected chi connectivity index (χ1v) is 11.3. The number of aryl methyl sites for hydroxylation is 1. The SMILES string of the molecule is Cc1cc(N2CCCC2)nc(N2CCN(C(=O)Cc3cccc4ccccc34)CC2)n1. The average Bonchev–Trinajstić information content (AvgIpc) is 3.34. The van der Waals surface area contributed by atoms with Crippen LogP contribution in [0.2, 0.25) is 0 Å². The molecule has 0 spiro atoms. The molecule has 160 valence electrons. The number of fused-ring (bicyclic) bond motifs is 1. The summed E-state index contributed by atoms with van der Waals surface area (Å²) in [5, 5.41) is 2.35. The zero-order valence-electron chi connectivity index (χ0n) is 18.1. The van der Waals surface area contributed by atoms with Crippen LogP contribution in [0.5, 0.6) is 0 Å². The van der Waals surface area contributed by atoms with Gasteiger partial charge in [0, 0.05) is 51.0 Å². The highest BCUT2D eigenvalue weighted by Gasteiger charge is 2.24. The highest BCUT2D eigenvalue weighted by molar-refractivity contribution is 5.90. The molecule has 6 nitrogen and oxygen atoms in total. The van der Waals surface area contributed by atoms with E-state index < -0.39 is 0 Å². The van der Waals surface area contributed by atoms with Crippen LogP contribution in [0, 0.1) is 6.92 Å². The van der Waals surface area contributed by atoms with Gasteiger partial charge in [-0.3, -0.25) is 4.79 Å². The molecule has 0 aliphatic carbocycles. The van der Waals surface area contributed by atoms with Gasteiger partial charge in [-0.2, -0.15) is 4.98 Å². The van der Waals surface area contributed by atoms with Crippen molar-refractivity contribution in [2.45, 2.75) is 26.2 Å². The summed E-state index contributed by atoms with van der Waals surface area (Å²) in [6.45, 7) is 7.14. The molecule has 31 heavy (non-hydrogen) atoms. The number of anilines is 2. The summed E-state index contributed by atoms with van der Waals surface area (Å²) in [4.78, 5) is 29.1. The Labute approximate surface area is 183 Å². The summed E-state index contributed by atoms with van der Waals surface area (Å²) in [6.07, 6.45) is 2.91. The summed E-state index contributed by atoms with van der Waals surface area (Å²) in [7, 11) is 0. The van der Waals surface area contributed by atoms with E-state index in [0.717, 1.165) is 49.2 Å². The van der Waals surface area contributed by atoms with Gasteiger partial charge in [0.25, 0.3) is 0 Å². The Balaban J connectivity index is 1.25. The van der Waals surface area contributed by atoms with Crippen molar-refractivity contribution in [2.24, 2.45) is 0 Å². The first kappa shape index (κ1) is 19.8. The number of carbonyl (C=O) groups is 1. The minimum Gasteiger partial charge on any atom is -0.356 e. The Bertz CT molecular complexity index is 1080. The molecule has 0 radical (unpaired) electrons. The van der Waals surface area contributed by atoms with Crippen LogP contribution in [0.1, 0.15) is 24.1 Å². The van der Waals surface area contributed by atoms with Gasteiger partial charge in [-0.15, -0.1) is 0 Å². The summed E-state index contributed by atoms with van der Waals surface area (Å²) >= 11 is 0. The highest BCUT2D eigenvalue weighted by atomic mass is 16.2. The van der Waals surface area contributed by atoms with E-state index in [1.807, 2.05) is 30.0 Å². The number of nitrogens with zero attached hydrogens (tertiary/aromatic N) is 5. The van der Waals surface area contributed by atoms with Gasteiger partial charge in [0.2, 0.25) is 11.9 Å². The van der Waals surface area contributed by atoms with Crippen LogP contribution in [-0.2, 0) is 11.2 Å². The van der Waals surface area contributed by atoms with E-state index in [-0.39, 0.29) is 5.91 Å². The average molecular weight is 416 g/mol. The molecule has 1 amide bonds. The van der Waals surface area contributed by atoms with Crippen molar-refractivity contribution in [1.82, 2.24) is 14.9 Å². The predicted octanol–water partition coefficient (Wildman–Crippen LogP) is 3.43.